The van der Waals surface area contributed by atoms with E-state index in [4.69, 9.17) is 0 Å². The van der Waals surface area contributed by atoms with Crippen LogP contribution in [0.15, 0.2) is 12.4 Å². The molecule has 1 aromatic rings. The molecule has 0 aliphatic rings. The average Bonchev–Trinajstić information content (AvgIpc) is 2.67. The van der Waals surface area contributed by atoms with Gasteiger partial charge in [-0.2, -0.15) is 0 Å². The highest BCUT2D eigenvalue weighted by Crippen LogP contribution is 2.14. The van der Waals surface area contributed by atoms with Crippen molar-refractivity contribution >= 4 is 6.09 Å². The summed E-state index contributed by atoms with van der Waals surface area (Å²) in [6.07, 6.45) is 2.59. The summed E-state index contributed by atoms with van der Waals surface area (Å²) in [5, 5.41) is 2.57. The molecular formula is C9H14FN3O2. The second-order valence-corrected chi connectivity index (χ2v) is 3.51. The summed E-state index contributed by atoms with van der Waals surface area (Å²) in [5.74, 6) is 0.611. The smallest absolute Gasteiger partial charge is 0.408 e. The molecule has 1 rings (SSSR count). The number of nitrogens with one attached hydrogen (secondary N) is 2. The van der Waals surface area contributed by atoms with Crippen LogP contribution in [0.1, 0.15) is 19.7 Å². The highest BCUT2D eigenvalue weighted by molar-refractivity contribution is 5.68. The number of nitrogens with zero attached hydrogens (tertiary/aromatic N) is 1. The highest BCUT2D eigenvalue weighted by Gasteiger charge is 2.25. The molecule has 0 aliphatic heterocycles. The number of halogens is 1. The summed E-state index contributed by atoms with van der Waals surface area (Å²) in [6.45, 7) is 2.61. The molecule has 5 nitrogen and oxygen atoms in total. The quantitative estimate of drug-likeness (QED) is 0.796. The summed E-state index contributed by atoms with van der Waals surface area (Å²) in [4.78, 5) is 18.1. The van der Waals surface area contributed by atoms with Gasteiger partial charge in [-0.15, -0.1) is 0 Å². The van der Waals surface area contributed by atoms with E-state index in [-0.39, 0.29) is 6.61 Å². The molecule has 0 spiro atoms. The highest BCUT2D eigenvalue weighted by atomic mass is 19.1. The molecule has 1 amide bonds. The Morgan fingerprint density at radius 3 is 3.00 bits per heavy atom. The van der Waals surface area contributed by atoms with Crippen molar-refractivity contribution in [2.24, 2.45) is 0 Å². The van der Waals surface area contributed by atoms with Gasteiger partial charge in [-0.3, -0.25) is 0 Å². The molecule has 0 saturated heterocycles. The minimum atomic E-state index is -0.686. The third-order valence-corrected chi connectivity index (χ3v) is 1.82. The van der Waals surface area contributed by atoms with Crippen LogP contribution in [0.2, 0.25) is 0 Å². The van der Waals surface area contributed by atoms with Crippen LogP contribution in [0.25, 0.3) is 0 Å². The van der Waals surface area contributed by atoms with Crippen molar-refractivity contribution in [3.63, 3.8) is 0 Å². The number of aromatic nitrogens is 2. The number of imidazole rings is 1. The molecule has 84 valence electrons. The van der Waals surface area contributed by atoms with Gasteiger partial charge in [0.25, 0.3) is 0 Å². The molecule has 0 radical (unpaired) electrons. The molecule has 0 unspecified atom stereocenters. The maximum absolute atomic E-state index is 11.7. The number of hydrogen-bond donors (Lipinski definition) is 2. The fourth-order valence-electron chi connectivity index (χ4n) is 1.09. The van der Waals surface area contributed by atoms with Gasteiger partial charge in [0.15, 0.2) is 0 Å². The first-order chi connectivity index (χ1) is 7.06. The first kappa shape index (κ1) is 11.5. The van der Waals surface area contributed by atoms with Crippen LogP contribution in [0.5, 0.6) is 0 Å². The monoisotopic (exact) mass is 215 g/mol. The first-order valence-electron chi connectivity index (χ1n) is 4.57. The van der Waals surface area contributed by atoms with Crippen molar-refractivity contribution in [3.8, 4) is 0 Å². The van der Waals surface area contributed by atoms with E-state index in [1.165, 1.54) is 0 Å². The van der Waals surface area contributed by atoms with Crippen LogP contribution >= 0.6 is 0 Å². The van der Waals surface area contributed by atoms with Crippen molar-refractivity contribution in [2.45, 2.75) is 19.4 Å². The molecule has 0 aromatic carbocycles. The zero-order chi connectivity index (χ0) is 11.3. The lowest BCUT2D eigenvalue weighted by atomic mass is 10.1. The average molecular weight is 215 g/mol. The fourth-order valence-corrected chi connectivity index (χ4v) is 1.09. The predicted molar refractivity (Wildman–Crippen MR) is 52.1 cm³/mol. The van der Waals surface area contributed by atoms with E-state index in [9.17, 15) is 9.18 Å². The van der Waals surface area contributed by atoms with Gasteiger partial charge >= 0.3 is 6.09 Å². The van der Waals surface area contributed by atoms with Crippen LogP contribution in [-0.4, -0.2) is 29.3 Å². The Labute approximate surface area is 87.0 Å². The standard InChI is InChI=1S/C9H14FN3O2/c1-9(2,7-11-4-5-12-7)13-8(14)15-6-3-10/h4-5H,3,6H2,1-2H3,(H,11,12)(H,13,14). The Hall–Kier alpha value is -1.59. The van der Waals surface area contributed by atoms with Crippen LogP contribution in [0, 0.1) is 0 Å². The molecule has 0 aliphatic carbocycles. The zero-order valence-corrected chi connectivity index (χ0v) is 8.71. The van der Waals surface area contributed by atoms with Crippen molar-refractivity contribution < 1.29 is 13.9 Å². The molecule has 0 atom stereocenters. The number of ether oxygens (including phenoxy) is 1. The number of hydrogen-bond acceptors (Lipinski definition) is 3. The Balaban J connectivity index is 2.53. The number of alkyl carbamates (subject to hydrolysis) is 1. The third-order valence-electron chi connectivity index (χ3n) is 1.82. The molecule has 0 bridgehead atoms. The number of rotatable bonds is 4. The fraction of sp³-hybridized carbons (Fsp3) is 0.556. The van der Waals surface area contributed by atoms with E-state index >= 15 is 0 Å². The molecule has 0 saturated carbocycles. The van der Waals surface area contributed by atoms with Gasteiger partial charge in [-0.25, -0.2) is 14.2 Å². The number of alkyl halides is 1. The van der Waals surface area contributed by atoms with Gasteiger partial charge in [0.1, 0.15) is 19.1 Å². The van der Waals surface area contributed by atoms with E-state index in [0.29, 0.717) is 5.82 Å². The van der Waals surface area contributed by atoms with Crippen LogP contribution < -0.4 is 5.32 Å². The summed E-state index contributed by atoms with van der Waals surface area (Å²) in [5.41, 5.74) is -0.670. The number of amides is 1. The van der Waals surface area contributed by atoms with Gasteiger partial charge in [0.2, 0.25) is 0 Å². The van der Waals surface area contributed by atoms with Crippen molar-refractivity contribution in [1.82, 2.24) is 15.3 Å². The van der Waals surface area contributed by atoms with Crippen LogP contribution in [0.4, 0.5) is 9.18 Å². The first-order valence-corrected chi connectivity index (χ1v) is 4.57. The molecular weight excluding hydrogens is 201 g/mol. The molecule has 6 heteroatoms. The molecule has 15 heavy (non-hydrogen) atoms. The number of H-pyrrole nitrogens is 1. The summed E-state index contributed by atoms with van der Waals surface area (Å²) < 4.78 is 16.3. The maximum atomic E-state index is 11.7. The summed E-state index contributed by atoms with van der Waals surface area (Å²) in [7, 11) is 0. The molecule has 0 fully saturated rings. The second kappa shape index (κ2) is 4.77. The zero-order valence-electron chi connectivity index (χ0n) is 8.71. The third kappa shape index (κ3) is 3.23. The lowest BCUT2D eigenvalue weighted by Crippen LogP contribution is -2.42. The molecule has 1 heterocycles. The minimum absolute atomic E-state index is 0.236. The van der Waals surface area contributed by atoms with Crippen molar-refractivity contribution in [2.75, 3.05) is 13.3 Å². The number of carbonyl (C=O) groups is 1. The lowest BCUT2D eigenvalue weighted by molar-refractivity contribution is 0.127. The van der Waals surface area contributed by atoms with Crippen LogP contribution in [0.3, 0.4) is 0 Å². The van der Waals surface area contributed by atoms with Crippen molar-refractivity contribution in [3.05, 3.63) is 18.2 Å². The number of carbonyl (C=O) groups excluding carboxylic acids is 1. The molecule has 1 aromatic heterocycles. The Kier molecular flexibility index (Phi) is 3.65. The topological polar surface area (TPSA) is 67.0 Å². The Morgan fingerprint density at radius 1 is 1.73 bits per heavy atom. The van der Waals surface area contributed by atoms with E-state index in [1.807, 2.05) is 0 Å². The summed E-state index contributed by atoms with van der Waals surface area (Å²) in [6, 6.07) is 0. The Bertz CT molecular complexity index is 311. The van der Waals surface area contributed by atoms with E-state index < -0.39 is 18.3 Å². The summed E-state index contributed by atoms with van der Waals surface area (Å²) >= 11 is 0. The van der Waals surface area contributed by atoms with Gasteiger partial charge < -0.3 is 15.0 Å². The number of aromatic amines is 1. The second-order valence-electron chi connectivity index (χ2n) is 3.51. The largest absolute Gasteiger partial charge is 0.447 e. The SMILES string of the molecule is CC(C)(NC(=O)OCCF)c1ncc[nH]1. The van der Waals surface area contributed by atoms with E-state index in [1.54, 1.807) is 26.2 Å². The minimum Gasteiger partial charge on any atom is -0.447 e. The van der Waals surface area contributed by atoms with Gasteiger partial charge in [0.05, 0.1) is 5.54 Å². The van der Waals surface area contributed by atoms with Gasteiger partial charge in [-0.1, -0.05) is 0 Å². The Morgan fingerprint density at radius 2 is 2.47 bits per heavy atom. The normalized spacial score (nSPS) is 11.1. The molecule has 2 N–H and O–H groups in total. The van der Waals surface area contributed by atoms with E-state index in [0.717, 1.165) is 0 Å². The van der Waals surface area contributed by atoms with Crippen molar-refractivity contribution in [1.29, 1.82) is 0 Å². The predicted octanol–water partition coefficient (Wildman–Crippen LogP) is 1.34. The van der Waals surface area contributed by atoms with E-state index in [2.05, 4.69) is 20.0 Å². The lowest BCUT2D eigenvalue weighted by Gasteiger charge is -2.23. The maximum Gasteiger partial charge on any atom is 0.408 e. The van der Waals surface area contributed by atoms with Gasteiger partial charge in [-0.05, 0) is 13.8 Å². The van der Waals surface area contributed by atoms with Gasteiger partial charge in [0, 0.05) is 12.4 Å². The van der Waals surface area contributed by atoms with Crippen LogP contribution in [-0.2, 0) is 10.3 Å².